The number of likely N-dealkylation sites (tertiary alicyclic amines) is 1. The van der Waals surface area contributed by atoms with E-state index in [0.29, 0.717) is 18.0 Å². The van der Waals surface area contributed by atoms with Crippen LogP contribution in [0.3, 0.4) is 0 Å². The number of nitrogens with one attached hydrogen (secondary N) is 2. The summed E-state index contributed by atoms with van der Waals surface area (Å²) >= 11 is 3.00. The number of benzene rings is 1. The Kier molecular flexibility index (Phi) is 8.16. The number of thioether (sulfide) groups is 1. The molecule has 3 rings (SSSR count). The molecule has 1 fully saturated rings. The SMILES string of the molecule is CNC(=O)c1ccccc1C(=O)NC1CN(C(C(=O)OC)=C(C)CSC2=NCN(C)S2)C1=O. The Morgan fingerprint density at radius 2 is 1.91 bits per heavy atom. The fourth-order valence-corrected chi connectivity index (χ4v) is 5.15. The van der Waals surface area contributed by atoms with E-state index in [-0.39, 0.29) is 23.4 Å². The van der Waals surface area contributed by atoms with Crippen LogP contribution in [0.4, 0.5) is 0 Å². The molecule has 1 atom stereocenters. The number of aliphatic imine (C=N–C) groups is 1. The number of carbonyl (C=O) groups excluding carboxylic acids is 4. The van der Waals surface area contributed by atoms with Crippen molar-refractivity contribution in [3.05, 3.63) is 46.7 Å². The van der Waals surface area contributed by atoms with Crippen LogP contribution in [0.5, 0.6) is 0 Å². The second-order valence-electron chi connectivity index (χ2n) is 7.29. The minimum Gasteiger partial charge on any atom is -0.464 e. The molecule has 3 amide bonds. The normalized spacial score (nSPS) is 18.8. The van der Waals surface area contributed by atoms with Crippen LogP contribution < -0.4 is 10.6 Å². The predicted octanol–water partition coefficient (Wildman–Crippen LogP) is 1.07. The monoisotopic (exact) mass is 491 g/mol. The van der Waals surface area contributed by atoms with E-state index < -0.39 is 29.7 Å². The van der Waals surface area contributed by atoms with Gasteiger partial charge in [0.1, 0.15) is 22.8 Å². The number of nitrogens with zero attached hydrogens (tertiary/aromatic N) is 3. The summed E-state index contributed by atoms with van der Waals surface area (Å²) in [6.07, 6.45) is 0. The van der Waals surface area contributed by atoms with Gasteiger partial charge in [-0.05, 0) is 43.6 Å². The van der Waals surface area contributed by atoms with Crippen molar-refractivity contribution in [1.29, 1.82) is 0 Å². The van der Waals surface area contributed by atoms with Crippen LogP contribution in [0, 0.1) is 0 Å². The van der Waals surface area contributed by atoms with Gasteiger partial charge >= 0.3 is 5.97 Å². The van der Waals surface area contributed by atoms with Gasteiger partial charge in [0.05, 0.1) is 24.8 Å². The van der Waals surface area contributed by atoms with Crippen molar-refractivity contribution >= 4 is 51.8 Å². The van der Waals surface area contributed by atoms with Crippen LogP contribution in [0.15, 0.2) is 40.5 Å². The van der Waals surface area contributed by atoms with Gasteiger partial charge < -0.3 is 20.3 Å². The molecule has 0 saturated carbocycles. The summed E-state index contributed by atoms with van der Waals surface area (Å²) < 4.78 is 7.76. The van der Waals surface area contributed by atoms with Gasteiger partial charge in [-0.1, -0.05) is 23.9 Å². The molecule has 0 bridgehead atoms. The number of amides is 3. The van der Waals surface area contributed by atoms with Crippen molar-refractivity contribution in [2.24, 2.45) is 4.99 Å². The van der Waals surface area contributed by atoms with Gasteiger partial charge in [-0.3, -0.25) is 19.4 Å². The number of esters is 1. The molecule has 0 spiro atoms. The lowest BCUT2D eigenvalue weighted by Gasteiger charge is -2.39. The maximum atomic E-state index is 12.8. The van der Waals surface area contributed by atoms with Crippen molar-refractivity contribution < 1.29 is 23.9 Å². The van der Waals surface area contributed by atoms with Crippen molar-refractivity contribution in [3.63, 3.8) is 0 Å². The Bertz CT molecular complexity index is 1040. The quantitative estimate of drug-likeness (QED) is 0.252. The lowest BCUT2D eigenvalue weighted by atomic mass is 10.0. The van der Waals surface area contributed by atoms with Gasteiger partial charge in [-0.15, -0.1) is 0 Å². The molecule has 2 N–H and O–H groups in total. The third kappa shape index (κ3) is 5.57. The molecule has 1 unspecified atom stereocenters. The molecule has 12 heteroatoms. The highest BCUT2D eigenvalue weighted by Crippen LogP contribution is 2.29. The minimum absolute atomic E-state index is 0.123. The fourth-order valence-electron chi connectivity index (χ4n) is 3.26. The average Bonchev–Trinajstić information content (AvgIpc) is 3.25. The zero-order valence-corrected chi connectivity index (χ0v) is 20.3. The smallest absolute Gasteiger partial charge is 0.354 e. The number of carbonyl (C=O) groups is 4. The second-order valence-corrected chi connectivity index (χ2v) is 9.71. The number of methoxy groups -OCH3 is 1. The molecule has 33 heavy (non-hydrogen) atoms. The number of ether oxygens (including phenoxy) is 1. The van der Waals surface area contributed by atoms with E-state index in [1.165, 1.54) is 54.9 Å². The first-order valence-electron chi connectivity index (χ1n) is 10.0. The molecule has 2 heterocycles. The fraction of sp³-hybridized carbons (Fsp3) is 0.381. The summed E-state index contributed by atoms with van der Waals surface area (Å²) in [6.45, 7) is 2.49. The van der Waals surface area contributed by atoms with Gasteiger partial charge in [0.25, 0.3) is 17.7 Å². The van der Waals surface area contributed by atoms with E-state index in [0.717, 1.165) is 4.38 Å². The molecule has 0 aromatic heterocycles. The molecule has 1 aromatic rings. The van der Waals surface area contributed by atoms with Gasteiger partial charge in [-0.2, -0.15) is 0 Å². The molecule has 1 aromatic carbocycles. The average molecular weight is 492 g/mol. The number of rotatable bonds is 7. The Hall–Kier alpha value is -2.83. The summed E-state index contributed by atoms with van der Waals surface area (Å²) in [5.74, 6) is -1.51. The first-order chi connectivity index (χ1) is 15.8. The summed E-state index contributed by atoms with van der Waals surface area (Å²) in [5.41, 5.74) is 1.22. The molecule has 0 aliphatic carbocycles. The van der Waals surface area contributed by atoms with Gasteiger partial charge in [0.2, 0.25) is 0 Å². The Balaban J connectivity index is 1.69. The third-order valence-electron chi connectivity index (χ3n) is 4.98. The highest BCUT2D eigenvalue weighted by atomic mass is 32.2. The molecular formula is C21H25N5O5S2. The van der Waals surface area contributed by atoms with Gasteiger partial charge in [0.15, 0.2) is 0 Å². The molecule has 2 aliphatic heterocycles. The maximum Gasteiger partial charge on any atom is 0.354 e. The first-order valence-corrected chi connectivity index (χ1v) is 11.8. The maximum absolute atomic E-state index is 12.8. The van der Waals surface area contributed by atoms with E-state index in [9.17, 15) is 19.2 Å². The number of hydrogen-bond donors (Lipinski definition) is 2. The van der Waals surface area contributed by atoms with Gasteiger partial charge in [0, 0.05) is 12.8 Å². The summed E-state index contributed by atoms with van der Waals surface area (Å²) in [7, 11) is 4.67. The first kappa shape index (κ1) is 24.8. The minimum atomic E-state index is -0.807. The topological polar surface area (TPSA) is 120 Å². The predicted molar refractivity (Wildman–Crippen MR) is 128 cm³/mol. The summed E-state index contributed by atoms with van der Waals surface area (Å²) in [5, 5.41) is 5.13. The largest absolute Gasteiger partial charge is 0.464 e. The summed E-state index contributed by atoms with van der Waals surface area (Å²) in [4.78, 5) is 55.7. The van der Waals surface area contributed by atoms with E-state index in [4.69, 9.17) is 4.74 Å². The van der Waals surface area contributed by atoms with Crippen LogP contribution in [-0.2, 0) is 14.3 Å². The molecular weight excluding hydrogens is 466 g/mol. The highest BCUT2D eigenvalue weighted by molar-refractivity contribution is 8.38. The van der Waals surface area contributed by atoms with Crippen molar-refractivity contribution in [2.75, 3.05) is 40.2 Å². The van der Waals surface area contributed by atoms with Crippen molar-refractivity contribution in [3.8, 4) is 0 Å². The van der Waals surface area contributed by atoms with Crippen LogP contribution in [0.2, 0.25) is 0 Å². The Labute approximate surface area is 200 Å². The van der Waals surface area contributed by atoms with E-state index in [1.807, 2.05) is 11.4 Å². The van der Waals surface area contributed by atoms with E-state index >= 15 is 0 Å². The van der Waals surface area contributed by atoms with Crippen molar-refractivity contribution in [1.82, 2.24) is 19.8 Å². The molecule has 176 valence electrons. The molecule has 1 saturated heterocycles. The second kappa shape index (κ2) is 10.9. The van der Waals surface area contributed by atoms with Crippen LogP contribution in [-0.4, -0.2) is 83.5 Å². The number of hydrogen-bond acceptors (Lipinski definition) is 9. The third-order valence-corrected chi connectivity index (χ3v) is 7.22. The van der Waals surface area contributed by atoms with E-state index in [2.05, 4.69) is 15.6 Å². The molecule has 2 aliphatic rings. The zero-order chi connectivity index (χ0) is 24.1. The van der Waals surface area contributed by atoms with E-state index in [1.54, 1.807) is 19.1 Å². The molecule has 10 nitrogen and oxygen atoms in total. The number of β-lactam (4-membered cyclic amide) rings is 1. The Morgan fingerprint density at radius 3 is 2.45 bits per heavy atom. The van der Waals surface area contributed by atoms with Crippen LogP contribution >= 0.6 is 23.7 Å². The lowest BCUT2D eigenvalue weighted by molar-refractivity contribution is -0.148. The van der Waals surface area contributed by atoms with Crippen LogP contribution in [0.25, 0.3) is 0 Å². The summed E-state index contributed by atoms with van der Waals surface area (Å²) in [6, 6.07) is 5.54. The molecule has 0 radical (unpaired) electrons. The van der Waals surface area contributed by atoms with Gasteiger partial charge in [-0.25, -0.2) is 9.10 Å². The van der Waals surface area contributed by atoms with Crippen molar-refractivity contribution in [2.45, 2.75) is 13.0 Å². The standard InChI is InChI=1S/C21H25N5O5S2/c1-12(10-32-21-23-11-25(3)33-21)16(20(30)31-4)26-9-15(19(26)29)24-18(28)14-8-6-5-7-13(14)17(27)22-2/h5-8,15H,9-11H2,1-4H3,(H,22,27)(H,24,28). The lowest BCUT2D eigenvalue weighted by Crippen LogP contribution is -2.64. The highest BCUT2D eigenvalue weighted by Gasteiger charge is 2.43. The van der Waals surface area contributed by atoms with Crippen LogP contribution in [0.1, 0.15) is 27.6 Å². The zero-order valence-electron chi connectivity index (χ0n) is 18.7. The Morgan fingerprint density at radius 1 is 1.24 bits per heavy atom.